The average Bonchev–Trinajstić information content (AvgIpc) is 2.38. The van der Waals surface area contributed by atoms with Crippen molar-refractivity contribution in [2.75, 3.05) is 26.2 Å². The van der Waals surface area contributed by atoms with Gasteiger partial charge in [-0.25, -0.2) is 0 Å². The number of carbonyl (C=O) groups excluding carboxylic acids is 1. The van der Waals surface area contributed by atoms with Crippen molar-refractivity contribution >= 4 is 5.91 Å². The summed E-state index contributed by atoms with van der Waals surface area (Å²) in [4.78, 5) is 12.2. The van der Waals surface area contributed by atoms with Gasteiger partial charge in [-0.2, -0.15) is 13.2 Å². The highest BCUT2D eigenvalue weighted by Gasteiger charge is 2.44. The first-order chi connectivity index (χ1) is 8.48. The van der Waals surface area contributed by atoms with E-state index in [4.69, 9.17) is 0 Å². The van der Waals surface area contributed by atoms with E-state index in [0.717, 1.165) is 37.3 Å². The van der Waals surface area contributed by atoms with E-state index in [1.54, 1.807) is 0 Å². The predicted molar refractivity (Wildman–Crippen MR) is 61.0 cm³/mol. The molecule has 2 aliphatic rings. The van der Waals surface area contributed by atoms with E-state index in [1.807, 2.05) is 0 Å². The fourth-order valence-electron chi connectivity index (χ4n) is 3.07. The van der Waals surface area contributed by atoms with Gasteiger partial charge in [0.15, 0.2) is 0 Å². The SMILES string of the molecule is O=C(N1CCC[C@H](C2CCNCC2)C1)C(F)(F)F. The predicted octanol–water partition coefficient (Wildman–Crippen LogP) is 1.79. The molecule has 0 saturated carbocycles. The maximum Gasteiger partial charge on any atom is 0.471 e. The Kier molecular flexibility index (Phi) is 4.14. The molecule has 0 aliphatic carbocycles. The molecule has 1 amide bonds. The highest BCUT2D eigenvalue weighted by atomic mass is 19.4. The number of likely N-dealkylation sites (tertiary alicyclic amines) is 1. The molecule has 104 valence electrons. The van der Waals surface area contributed by atoms with Gasteiger partial charge in [-0.05, 0) is 50.6 Å². The third kappa shape index (κ3) is 3.16. The van der Waals surface area contributed by atoms with Gasteiger partial charge in [-0.1, -0.05) is 0 Å². The van der Waals surface area contributed by atoms with Crippen LogP contribution in [0.15, 0.2) is 0 Å². The van der Waals surface area contributed by atoms with Gasteiger partial charge in [-0.3, -0.25) is 4.79 Å². The Balaban J connectivity index is 1.93. The molecule has 2 fully saturated rings. The molecule has 1 N–H and O–H groups in total. The Morgan fingerprint density at radius 2 is 1.78 bits per heavy atom. The summed E-state index contributed by atoms with van der Waals surface area (Å²) in [6.45, 7) is 2.41. The summed E-state index contributed by atoms with van der Waals surface area (Å²) in [6.07, 6.45) is -1.06. The normalized spacial score (nSPS) is 27.3. The largest absolute Gasteiger partial charge is 0.471 e. The maximum absolute atomic E-state index is 12.4. The molecule has 3 nitrogen and oxygen atoms in total. The molecule has 1 atom stereocenters. The van der Waals surface area contributed by atoms with Crippen LogP contribution in [0, 0.1) is 11.8 Å². The number of hydrogen-bond donors (Lipinski definition) is 1. The summed E-state index contributed by atoms with van der Waals surface area (Å²) < 4.78 is 37.2. The first kappa shape index (κ1) is 13.6. The topological polar surface area (TPSA) is 32.3 Å². The van der Waals surface area contributed by atoms with Crippen LogP contribution in [0.5, 0.6) is 0 Å². The summed E-state index contributed by atoms with van der Waals surface area (Å²) >= 11 is 0. The van der Waals surface area contributed by atoms with Gasteiger partial charge in [0.2, 0.25) is 0 Å². The third-order valence-electron chi connectivity index (χ3n) is 4.04. The highest BCUT2D eigenvalue weighted by Crippen LogP contribution is 2.31. The molecule has 2 rings (SSSR count). The number of halogens is 3. The van der Waals surface area contributed by atoms with Crippen LogP contribution in [0.4, 0.5) is 13.2 Å². The van der Waals surface area contributed by atoms with Gasteiger partial charge < -0.3 is 10.2 Å². The Morgan fingerprint density at radius 3 is 2.39 bits per heavy atom. The summed E-state index contributed by atoms with van der Waals surface area (Å²) in [5.41, 5.74) is 0. The lowest BCUT2D eigenvalue weighted by Crippen LogP contribution is -2.48. The van der Waals surface area contributed by atoms with Crippen LogP contribution in [0.25, 0.3) is 0 Å². The fraction of sp³-hybridized carbons (Fsp3) is 0.917. The lowest BCUT2D eigenvalue weighted by Gasteiger charge is -2.38. The van der Waals surface area contributed by atoms with Crippen molar-refractivity contribution in [3.05, 3.63) is 0 Å². The zero-order chi connectivity index (χ0) is 13.2. The smallest absolute Gasteiger partial charge is 0.335 e. The minimum atomic E-state index is -4.73. The minimum absolute atomic E-state index is 0.243. The summed E-state index contributed by atoms with van der Waals surface area (Å²) in [6, 6.07) is 0. The molecule has 0 radical (unpaired) electrons. The van der Waals surface area contributed by atoms with Crippen molar-refractivity contribution in [2.24, 2.45) is 11.8 Å². The van der Waals surface area contributed by atoms with E-state index in [9.17, 15) is 18.0 Å². The van der Waals surface area contributed by atoms with E-state index in [0.29, 0.717) is 12.3 Å². The van der Waals surface area contributed by atoms with Gasteiger partial charge in [0.1, 0.15) is 0 Å². The summed E-state index contributed by atoms with van der Waals surface area (Å²) in [5, 5.41) is 3.25. The Morgan fingerprint density at radius 1 is 1.11 bits per heavy atom. The molecule has 18 heavy (non-hydrogen) atoms. The third-order valence-corrected chi connectivity index (χ3v) is 4.04. The molecule has 6 heteroatoms. The van der Waals surface area contributed by atoms with E-state index < -0.39 is 12.1 Å². The van der Waals surface area contributed by atoms with Gasteiger partial charge in [-0.15, -0.1) is 0 Å². The fourth-order valence-corrected chi connectivity index (χ4v) is 3.07. The van der Waals surface area contributed by atoms with Crippen molar-refractivity contribution in [2.45, 2.75) is 31.9 Å². The number of nitrogens with one attached hydrogen (secondary N) is 1. The van der Waals surface area contributed by atoms with Gasteiger partial charge >= 0.3 is 12.1 Å². The number of nitrogens with zero attached hydrogens (tertiary/aromatic N) is 1. The Labute approximate surface area is 105 Å². The van der Waals surface area contributed by atoms with Gasteiger partial charge in [0.25, 0.3) is 0 Å². The van der Waals surface area contributed by atoms with Crippen molar-refractivity contribution in [3.8, 4) is 0 Å². The highest BCUT2D eigenvalue weighted by molar-refractivity contribution is 5.81. The maximum atomic E-state index is 12.4. The molecule has 0 aromatic rings. The number of alkyl halides is 3. The Hall–Kier alpha value is -0.780. The number of piperidine rings is 2. The van der Waals surface area contributed by atoms with E-state index in [1.165, 1.54) is 0 Å². The van der Waals surface area contributed by atoms with E-state index >= 15 is 0 Å². The lowest BCUT2D eigenvalue weighted by atomic mass is 9.80. The second-order valence-corrected chi connectivity index (χ2v) is 5.24. The summed E-state index contributed by atoms with van der Waals surface area (Å²) in [5.74, 6) is -0.955. The molecule has 0 aromatic carbocycles. The van der Waals surface area contributed by atoms with Gasteiger partial charge in [0, 0.05) is 13.1 Å². The molecule has 2 saturated heterocycles. The van der Waals surface area contributed by atoms with Gasteiger partial charge in [0.05, 0.1) is 0 Å². The van der Waals surface area contributed by atoms with Crippen molar-refractivity contribution in [3.63, 3.8) is 0 Å². The second-order valence-electron chi connectivity index (χ2n) is 5.24. The van der Waals surface area contributed by atoms with Crippen LogP contribution >= 0.6 is 0 Å². The van der Waals surface area contributed by atoms with Crippen LogP contribution in [0.2, 0.25) is 0 Å². The lowest BCUT2D eigenvalue weighted by molar-refractivity contribution is -0.187. The van der Waals surface area contributed by atoms with Crippen LogP contribution in [-0.2, 0) is 4.79 Å². The minimum Gasteiger partial charge on any atom is -0.335 e. The number of hydrogen-bond acceptors (Lipinski definition) is 2. The molecule has 0 spiro atoms. The zero-order valence-electron chi connectivity index (χ0n) is 10.3. The van der Waals surface area contributed by atoms with Crippen LogP contribution in [0.1, 0.15) is 25.7 Å². The first-order valence-electron chi connectivity index (χ1n) is 6.55. The van der Waals surface area contributed by atoms with Crippen LogP contribution in [-0.4, -0.2) is 43.2 Å². The van der Waals surface area contributed by atoms with Crippen molar-refractivity contribution < 1.29 is 18.0 Å². The molecular formula is C12H19F3N2O. The number of amides is 1. The van der Waals surface area contributed by atoms with Crippen LogP contribution in [0.3, 0.4) is 0 Å². The number of carbonyl (C=O) groups is 1. The summed E-state index contributed by atoms with van der Waals surface area (Å²) in [7, 11) is 0. The molecule has 0 bridgehead atoms. The zero-order valence-corrected chi connectivity index (χ0v) is 10.3. The van der Waals surface area contributed by atoms with Crippen molar-refractivity contribution in [1.82, 2.24) is 10.2 Å². The Bertz CT molecular complexity index is 300. The molecule has 0 unspecified atom stereocenters. The van der Waals surface area contributed by atoms with Crippen LogP contribution < -0.4 is 5.32 Å². The standard InChI is InChI=1S/C12H19F3N2O/c13-12(14,15)11(18)17-7-1-2-10(8-17)9-3-5-16-6-4-9/h9-10,16H,1-8H2/t10-/m0/s1. The van der Waals surface area contributed by atoms with E-state index in [-0.39, 0.29) is 19.0 Å². The molecule has 0 aromatic heterocycles. The average molecular weight is 264 g/mol. The first-order valence-corrected chi connectivity index (χ1v) is 6.55. The quantitative estimate of drug-likeness (QED) is 0.783. The monoisotopic (exact) mass is 264 g/mol. The second kappa shape index (κ2) is 5.47. The van der Waals surface area contributed by atoms with E-state index in [2.05, 4.69) is 5.32 Å². The number of rotatable bonds is 1. The molecule has 2 heterocycles. The molecule has 2 aliphatic heterocycles. The molecular weight excluding hydrogens is 245 g/mol. The van der Waals surface area contributed by atoms with Crippen molar-refractivity contribution in [1.29, 1.82) is 0 Å².